The Bertz CT molecular complexity index is 557. The van der Waals surface area contributed by atoms with Gasteiger partial charge in [-0.2, -0.15) is 13.2 Å². The first kappa shape index (κ1) is 19.3. The van der Waals surface area contributed by atoms with Gasteiger partial charge in [0.05, 0.1) is 13.0 Å². The third kappa shape index (κ3) is 7.19. The van der Waals surface area contributed by atoms with Crippen LogP contribution in [0.5, 0.6) is 5.88 Å². The number of aromatic nitrogens is 1. The zero-order valence-corrected chi connectivity index (χ0v) is 14.4. The van der Waals surface area contributed by atoms with E-state index < -0.39 is 12.6 Å². The Hall–Kier alpha value is -1.99. The lowest BCUT2D eigenvalue weighted by atomic mass is 10.2. The molecule has 0 atom stereocenters. The number of hydrogen-bond donors (Lipinski definition) is 2. The molecule has 0 bridgehead atoms. The van der Waals surface area contributed by atoms with Gasteiger partial charge in [0.25, 0.3) is 0 Å². The van der Waals surface area contributed by atoms with E-state index in [0.717, 1.165) is 18.4 Å². The number of guanidine groups is 1. The zero-order chi connectivity index (χ0) is 18.1. The Labute approximate surface area is 146 Å². The molecule has 1 saturated carbocycles. The van der Waals surface area contributed by atoms with E-state index >= 15 is 0 Å². The molecular weight excluding hydrogens is 333 g/mol. The molecule has 1 aromatic rings. The average molecular weight is 358 g/mol. The summed E-state index contributed by atoms with van der Waals surface area (Å²) >= 11 is 0. The van der Waals surface area contributed by atoms with Gasteiger partial charge in [0.2, 0.25) is 5.88 Å². The Morgan fingerprint density at radius 1 is 1.32 bits per heavy atom. The minimum atomic E-state index is -4.18. The molecule has 2 rings (SSSR count). The predicted octanol–water partition coefficient (Wildman–Crippen LogP) is 3.41. The lowest BCUT2D eigenvalue weighted by molar-refractivity contribution is -0.132. The van der Waals surface area contributed by atoms with Crippen molar-refractivity contribution in [3.8, 4) is 5.88 Å². The summed E-state index contributed by atoms with van der Waals surface area (Å²) < 4.78 is 42.7. The second-order valence-corrected chi connectivity index (χ2v) is 5.98. The lowest BCUT2D eigenvalue weighted by Gasteiger charge is -2.15. The predicted molar refractivity (Wildman–Crippen MR) is 90.6 cm³/mol. The molecule has 25 heavy (non-hydrogen) atoms. The van der Waals surface area contributed by atoms with Gasteiger partial charge in [0, 0.05) is 24.8 Å². The van der Waals surface area contributed by atoms with Crippen molar-refractivity contribution in [2.45, 2.75) is 57.9 Å². The van der Waals surface area contributed by atoms with Crippen LogP contribution in [0.25, 0.3) is 0 Å². The lowest BCUT2D eigenvalue weighted by Crippen LogP contribution is -2.38. The summed E-state index contributed by atoms with van der Waals surface area (Å²) in [5, 5.41) is 5.64. The standard InChI is InChI=1S/C17H25F3N4O/c1-2-21-16(23-11-9-17(18,19)20)24-12-13-6-5-10-22-15(13)25-14-7-3-4-8-14/h5-6,10,14H,2-4,7-9,11-12H2,1H3,(H2,21,23,24). The summed E-state index contributed by atoms with van der Waals surface area (Å²) in [5.41, 5.74) is 0.822. The van der Waals surface area contributed by atoms with E-state index in [1.54, 1.807) is 12.3 Å². The number of ether oxygens (including phenoxy) is 1. The largest absolute Gasteiger partial charge is 0.474 e. The van der Waals surface area contributed by atoms with Crippen LogP contribution in [0.15, 0.2) is 23.3 Å². The number of nitrogens with zero attached hydrogens (tertiary/aromatic N) is 2. The summed E-state index contributed by atoms with van der Waals surface area (Å²) in [7, 11) is 0. The first-order valence-corrected chi connectivity index (χ1v) is 8.67. The molecular formula is C17H25F3N4O. The fourth-order valence-corrected chi connectivity index (χ4v) is 2.64. The molecule has 1 aliphatic carbocycles. The molecule has 0 spiro atoms. The van der Waals surface area contributed by atoms with Crippen LogP contribution in [0.3, 0.4) is 0 Å². The molecule has 0 aromatic carbocycles. The molecule has 1 aromatic heterocycles. The summed E-state index contributed by atoms with van der Waals surface area (Å²) in [4.78, 5) is 8.63. The molecule has 5 nitrogen and oxygen atoms in total. The van der Waals surface area contributed by atoms with E-state index in [1.165, 1.54) is 12.8 Å². The van der Waals surface area contributed by atoms with Gasteiger partial charge in [-0.25, -0.2) is 9.98 Å². The molecule has 140 valence electrons. The van der Waals surface area contributed by atoms with Crippen molar-refractivity contribution in [1.29, 1.82) is 0 Å². The average Bonchev–Trinajstić information content (AvgIpc) is 3.05. The van der Waals surface area contributed by atoms with E-state index in [2.05, 4.69) is 20.6 Å². The molecule has 0 aliphatic heterocycles. The van der Waals surface area contributed by atoms with Crippen LogP contribution in [-0.2, 0) is 6.54 Å². The van der Waals surface area contributed by atoms with E-state index in [9.17, 15) is 13.2 Å². The number of rotatable bonds is 7. The van der Waals surface area contributed by atoms with Crippen LogP contribution < -0.4 is 15.4 Å². The van der Waals surface area contributed by atoms with Crippen LogP contribution in [0, 0.1) is 0 Å². The minimum Gasteiger partial charge on any atom is -0.474 e. The van der Waals surface area contributed by atoms with Gasteiger partial charge >= 0.3 is 6.18 Å². The van der Waals surface area contributed by atoms with Crippen molar-refractivity contribution >= 4 is 5.96 Å². The first-order valence-electron chi connectivity index (χ1n) is 8.67. The summed E-state index contributed by atoms with van der Waals surface area (Å²) in [6.45, 7) is 2.50. The molecule has 8 heteroatoms. The Morgan fingerprint density at radius 3 is 2.76 bits per heavy atom. The van der Waals surface area contributed by atoms with Crippen molar-refractivity contribution in [1.82, 2.24) is 15.6 Å². The topological polar surface area (TPSA) is 58.5 Å². The molecule has 1 fully saturated rings. The highest BCUT2D eigenvalue weighted by molar-refractivity contribution is 5.79. The van der Waals surface area contributed by atoms with Gasteiger partial charge in [-0.05, 0) is 38.7 Å². The van der Waals surface area contributed by atoms with Gasteiger partial charge in [-0.15, -0.1) is 0 Å². The van der Waals surface area contributed by atoms with Gasteiger partial charge in [-0.3, -0.25) is 0 Å². The van der Waals surface area contributed by atoms with Crippen molar-refractivity contribution < 1.29 is 17.9 Å². The van der Waals surface area contributed by atoms with Crippen LogP contribution in [0.1, 0.15) is 44.6 Å². The number of aliphatic imine (C=N–C) groups is 1. The second kappa shape index (κ2) is 9.48. The molecule has 0 radical (unpaired) electrons. The Kier molecular flexibility index (Phi) is 7.33. The molecule has 1 aliphatic rings. The SMILES string of the molecule is CCNC(=NCc1cccnc1OC1CCCC1)NCCC(F)(F)F. The molecule has 0 amide bonds. The van der Waals surface area contributed by atoms with Crippen molar-refractivity contribution in [2.75, 3.05) is 13.1 Å². The third-order valence-electron chi connectivity index (χ3n) is 3.88. The van der Waals surface area contributed by atoms with Crippen LogP contribution in [0.2, 0.25) is 0 Å². The van der Waals surface area contributed by atoms with Gasteiger partial charge in [-0.1, -0.05) is 6.07 Å². The number of hydrogen-bond acceptors (Lipinski definition) is 3. The number of alkyl halides is 3. The third-order valence-corrected chi connectivity index (χ3v) is 3.88. The van der Waals surface area contributed by atoms with E-state index in [0.29, 0.717) is 18.4 Å². The highest BCUT2D eigenvalue weighted by Crippen LogP contribution is 2.25. The summed E-state index contributed by atoms with van der Waals surface area (Å²) in [6.07, 6.45) is 1.16. The van der Waals surface area contributed by atoms with Gasteiger partial charge in [0.15, 0.2) is 5.96 Å². The normalized spacial score (nSPS) is 16.1. The van der Waals surface area contributed by atoms with Crippen molar-refractivity contribution in [2.24, 2.45) is 4.99 Å². The van der Waals surface area contributed by atoms with Gasteiger partial charge < -0.3 is 15.4 Å². The first-order chi connectivity index (χ1) is 12.0. The monoisotopic (exact) mass is 358 g/mol. The zero-order valence-electron chi connectivity index (χ0n) is 14.4. The number of halogens is 3. The molecule has 0 saturated heterocycles. The van der Waals surface area contributed by atoms with Crippen molar-refractivity contribution in [3.05, 3.63) is 23.9 Å². The molecule has 0 unspecified atom stereocenters. The smallest absolute Gasteiger partial charge is 0.390 e. The van der Waals surface area contributed by atoms with Crippen LogP contribution in [0.4, 0.5) is 13.2 Å². The van der Waals surface area contributed by atoms with E-state index in [1.807, 2.05) is 13.0 Å². The fourth-order valence-electron chi connectivity index (χ4n) is 2.64. The Balaban J connectivity index is 1.96. The fraction of sp³-hybridized carbons (Fsp3) is 0.647. The van der Waals surface area contributed by atoms with E-state index in [4.69, 9.17) is 4.74 Å². The van der Waals surface area contributed by atoms with E-state index in [-0.39, 0.29) is 19.2 Å². The van der Waals surface area contributed by atoms with Crippen LogP contribution in [-0.4, -0.2) is 36.3 Å². The van der Waals surface area contributed by atoms with Gasteiger partial charge in [0.1, 0.15) is 6.10 Å². The minimum absolute atomic E-state index is 0.191. The Morgan fingerprint density at radius 2 is 2.08 bits per heavy atom. The molecule has 2 N–H and O–H groups in total. The quantitative estimate of drug-likeness (QED) is 0.579. The maximum atomic E-state index is 12.3. The van der Waals surface area contributed by atoms with Crippen LogP contribution >= 0.6 is 0 Å². The number of pyridine rings is 1. The maximum absolute atomic E-state index is 12.3. The number of nitrogens with one attached hydrogen (secondary N) is 2. The summed E-state index contributed by atoms with van der Waals surface area (Å²) in [5.74, 6) is 0.909. The maximum Gasteiger partial charge on any atom is 0.390 e. The second-order valence-electron chi connectivity index (χ2n) is 5.98. The summed E-state index contributed by atoms with van der Waals surface area (Å²) in [6, 6.07) is 3.68. The molecule has 1 heterocycles. The van der Waals surface area contributed by atoms with Crippen molar-refractivity contribution in [3.63, 3.8) is 0 Å². The highest BCUT2D eigenvalue weighted by atomic mass is 19.4. The highest BCUT2D eigenvalue weighted by Gasteiger charge is 2.26.